The van der Waals surface area contributed by atoms with Crippen molar-refractivity contribution in [3.8, 4) is 11.1 Å². The van der Waals surface area contributed by atoms with E-state index in [9.17, 15) is 0 Å². The smallest absolute Gasteiger partial charge is 1.00 e. The van der Waals surface area contributed by atoms with Crippen LogP contribution in [-0.4, -0.2) is 8.07 Å². The summed E-state index contributed by atoms with van der Waals surface area (Å²) in [5.41, 5.74) is 5.77. The Kier molecular flexibility index (Phi) is 9.87. The second kappa shape index (κ2) is 9.97. The van der Waals surface area contributed by atoms with Crippen LogP contribution in [0, 0.1) is 0 Å². The van der Waals surface area contributed by atoms with Gasteiger partial charge in [-0.05, 0) is 16.5 Å². The van der Waals surface area contributed by atoms with Crippen LogP contribution in [0.4, 0.5) is 0 Å². The molecule has 3 rings (SSSR count). The summed E-state index contributed by atoms with van der Waals surface area (Å²) >= 11 is 0. The van der Waals surface area contributed by atoms with E-state index < -0.39 is 8.07 Å². The Morgan fingerprint density at radius 1 is 0.889 bits per heavy atom. The topological polar surface area (TPSA) is 0 Å². The molecular formula is C23H29Cl2SiZr. The van der Waals surface area contributed by atoms with Gasteiger partial charge in [-0.15, -0.1) is 34.5 Å². The first-order valence-corrected chi connectivity index (χ1v) is 12.6. The normalized spacial score (nSPS) is 11.3. The number of hydrogen-bond donors (Lipinski definition) is 0. The molecule has 0 unspecified atom stereocenters. The fraction of sp³-hybridized carbons (Fsp3) is 0.348. The quantitative estimate of drug-likeness (QED) is 0.375. The molecule has 27 heavy (non-hydrogen) atoms. The molecule has 0 atom stereocenters. The van der Waals surface area contributed by atoms with Gasteiger partial charge in [-0.3, -0.25) is 0 Å². The van der Waals surface area contributed by atoms with Crippen molar-refractivity contribution in [3.05, 3.63) is 65.7 Å². The van der Waals surface area contributed by atoms with E-state index in [4.69, 9.17) is 0 Å². The van der Waals surface area contributed by atoms with E-state index in [0.717, 1.165) is 0 Å². The largest absolute Gasteiger partial charge is 3.00 e. The monoisotopic (exact) mass is 493 g/mol. The average Bonchev–Trinajstić information content (AvgIpc) is 2.86. The first kappa shape index (κ1) is 26.7. The molecule has 0 amide bonds. The van der Waals surface area contributed by atoms with E-state index in [0.29, 0.717) is 0 Å². The van der Waals surface area contributed by atoms with Gasteiger partial charge >= 0.3 is 26.2 Å². The van der Waals surface area contributed by atoms with Crippen LogP contribution in [0.3, 0.4) is 0 Å². The average molecular weight is 496 g/mol. The third-order valence-electron chi connectivity index (χ3n) is 4.61. The predicted octanol–water partition coefficient (Wildman–Crippen LogP) is 0.949. The van der Waals surface area contributed by atoms with Crippen molar-refractivity contribution in [3.63, 3.8) is 0 Å². The molecule has 0 nitrogen and oxygen atoms in total. The van der Waals surface area contributed by atoms with Crippen molar-refractivity contribution in [2.24, 2.45) is 0 Å². The van der Waals surface area contributed by atoms with Gasteiger partial charge in [0.15, 0.2) is 0 Å². The van der Waals surface area contributed by atoms with E-state index in [2.05, 4.69) is 95.0 Å². The Morgan fingerprint density at radius 3 is 2.00 bits per heavy atom. The van der Waals surface area contributed by atoms with Gasteiger partial charge in [0.2, 0.25) is 0 Å². The molecule has 0 spiro atoms. The summed E-state index contributed by atoms with van der Waals surface area (Å²) in [4.78, 5) is 0. The minimum atomic E-state index is -1.09. The van der Waals surface area contributed by atoms with Crippen LogP contribution in [-0.2, 0) is 37.7 Å². The first-order valence-electron chi connectivity index (χ1n) is 8.93. The SMILES string of the molecule is CC(C)(C)c1ccc(-c2cccc3[cH-]c(C[Si](C)(C)C)cc23)cc1.[Cl-].[Cl-].[Zr+3]. The zero-order valence-corrected chi connectivity index (χ0v) is 22.1. The van der Waals surface area contributed by atoms with Crippen LogP contribution in [0.2, 0.25) is 19.6 Å². The fourth-order valence-electron chi connectivity index (χ4n) is 3.41. The second-order valence-corrected chi connectivity index (χ2v) is 14.7. The number of rotatable bonds is 3. The zero-order valence-electron chi connectivity index (χ0n) is 17.2. The zero-order chi connectivity index (χ0) is 17.5. The van der Waals surface area contributed by atoms with Gasteiger partial charge in [0, 0.05) is 8.07 Å². The van der Waals surface area contributed by atoms with Crippen LogP contribution < -0.4 is 24.8 Å². The predicted molar refractivity (Wildman–Crippen MR) is 111 cm³/mol. The van der Waals surface area contributed by atoms with Crippen LogP contribution in [0.5, 0.6) is 0 Å². The first-order chi connectivity index (χ1) is 11.1. The van der Waals surface area contributed by atoms with Gasteiger partial charge in [-0.25, -0.2) is 0 Å². The van der Waals surface area contributed by atoms with Crippen molar-refractivity contribution in [1.29, 1.82) is 0 Å². The van der Waals surface area contributed by atoms with Crippen LogP contribution >= 0.6 is 0 Å². The van der Waals surface area contributed by atoms with Gasteiger partial charge in [0.25, 0.3) is 0 Å². The maximum atomic E-state index is 2.44. The molecule has 3 aromatic carbocycles. The summed E-state index contributed by atoms with van der Waals surface area (Å²) in [5, 5.41) is 2.77. The Balaban J connectivity index is 0.00000225. The number of benzene rings is 2. The second-order valence-electron chi connectivity index (χ2n) is 9.24. The molecule has 3 aromatic rings. The summed E-state index contributed by atoms with van der Waals surface area (Å²) in [6, 6.07) is 21.9. The van der Waals surface area contributed by atoms with Crippen molar-refractivity contribution < 1.29 is 51.0 Å². The molecule has 0 aromatic heterocycles. The minimum Gasteiger partial charge on any atom is -1.00 e. The molecule has 0 aliphatic rings. The standard InChI is InChI=1S/C23H29Si.2ClH.Zr/c1-23(2,3)20-12-10-18(11-13-20)21-9-7-8-19-14-17(15-22(19)21)16-24(4,5)6;;;/h7-15H,16H2,1-6H3;2*1H;/q-1;;;+3/p-2. The van der Waals surface area contributed by atoms with E-state index in [-0.39, 0.29) is 56.4 Å². The Bertz CT molecular complexity index is 853. The van der Waals surface area contributed by atoms with Gasteiger partial charge in [0.05, 0.1) is 0 Å². The fourth-order valence-corrected chi connectivity index (χ4v) is 4.84. The maximum Gasteiger partial charge on any atom is 3.00 e. The molecular weight excluding hydrogens is 466 g/mol. The Hall–Kier alpha value is -0.270. The van der Waals surface area contributed by atoms with Crippen molar-refractivity contribution >= 4 is 18.8 Å². The van der Waals surface area contributed by atoms with E-state index in [1.807, 2.05) is 0 Å². The van der Waals surface area contributed by atoms with Crippen LogP contribution in [0.1, 0.15) is 31.9 Å². The molecule has 143 valence electrons. The Labute approximate surface area is 197 Å². The third-order valence-corrected chi connectivity index (χ3v) is 6.08. The molecule has 0 aliphatic carbocycles. The molecule has 0 aliphatic heterocycles. The van der Waals surface area contributed by atoms with E-state index in [1.165, 1.54) is 39.1 Å². The van der Waals surface area contributed by atoms with Gasteiger partial charge in [0.1, 0.15) is 0 Å². The molecule has 0 saturated carbocycles. The van der Waals surface area contributed by atoms with Gasteiger partial charge < -0.3 is 24.8 Å². The number of hydrogen-bond acceptors (Lipinski definition) is 0. The van der Waals surface area contributed by atoms with Crippen molar-refractivity contribution in [2.45, 2.75) is 51.9 Å². The summed E-state index contributed by atoms with van der Waals surface area (Å²) in [7, 11) is -1.09. The summed E-state index contributed by atoms with van der Waals surface area (Å²) in [5.74, 6) is 0. The van der Waals surface area contributed by atoms with Crippen molar-refractivity contribution in [2.75, 3.05) is 0 Å². The van der Waals surface area contributed by atoms with Gasteiger partial charge in [-0.2, -0.15) is 6.07 Å². The van der Waals surface area contributed by atoms with Gasteiger partial charge in [-0.1, -0.05) is 82.4 Å². The molecule has 0 bridgehead atoms. The van der Waals surface area contributed by atoms with Crippen LogP contribution in [0.15, 0.2) is 54.6 Å². The molecule has 0 heterocycles. The molecule has 0 saturated heterocycles. The molecule has 4 heteroatoms. The summed E-state index contributed by atoms with van der Waals surface area (Å²) < 4.78 is 0. The third kappa shape index (κ3) is 6.64. The molecule has 1 radical (unpaired) electrons. The number of halogens is 2. The van der Waals surface area contributed by atoms with E-state index >= 15 is 0 Å². The summed E-state index contributed by atoms with van der Waals surface area (Å²) in [6.07, 6.45) is 0. The molecule has 0 N–H and O–H groups in total. The van der Waals surface area contributed by atoms with Crippen molar-refractivity contribution in [1.82, 2.24) is 0 Å². The molecule has 0 fully saturated rings. The van der Waals surface area contributed by atoms with Crippen LogP contribution in [0.25, 0.3) is 21.9 Å². The summed E-state index contributed by atoms with van der Waals surface area (Å²) in [6.45, 7) is 14.1. The Morgan fingerprint density at radius 2 is 1.48 bits per heavy atom. The maximum absolute atomic E-state index is 2.44. The number of fused-ring (bicyclic) bond motifs is 1. The minimum absolute atomic E-state index is 0. The van der Waals surface area contributed by atoms with E-state index in [1.54, 1.807) is 0 Å².